The normalized spacial score (nSPS) is 14.4. The minimum atomic E-state index is 0.855. The molecule has 0 radical (unpaired) electrons. The van der Waals surface area contributed by atoms with Crippen LogP contribution in [0.3, 0.4) is 0 Å². The first kappa shape index (κ1) is 10.3. The van der Waals surface area contributed by atoms with Crippen LogP contribution in [0.1, 0.15) is 35.2 Å². The van der Waals surface area contributed by atoms with E-state index in [0.717, 1.165) is 35.0 Å². The highest BCUT2D eigenvalue weighted by Gasteiger charge is 2.17. The third-order valence-corrected chi connectivity index (χ3v) is 3.53. The number of nitriles is 1. The van der Waals surface area contributed by atoms with Gasteiger partial charge in [0.05, 0.1) is 11.1 Å². The van der Waals surface area contributed by atoms with E-state index in [2.05, 4.69) is 25.1 Å². The van der Waals surface area contributed by atoms with Gasteiger partial charge in [-0.25, -0.2) is 0 Å². The zero-order valence-corrected chi connectivity index (χ0v) is 9.95. The third-order valence-electron chi connectivity index (χ3n) is 3.53. The summed E-state index contributed by atoms with van der Waals surface area (Å²) < 4.78 is 0. The molecule has 0 fully saturated rings. The summed E-state index contributed by atoms with van der Waals surface area (Å²) in [5.41, 5.74) is 5.34. The number of nitrogens with zero attached hydrogens (tertiary/aromatic N) is 2. The Morgan fingerprint density at radius 1 is 1.24 bits per heavy atom. The molecule has 2 nitrogen and oxygen atoms in total. The lowest BCUT2D eigenvalue weighted by molar-refractivity contribution is 0.670. The van der Waals surface area contributed by atoms with Gasteiger partial charge in [0.1, 0.15) is 6.07 Å². The fraction of sp³-hybridized carbons (Fsp3) is 0.333. The molecule has 17 heavy (non-hydrogen) atoms. The molecule has 0 N–H and O–H groups in total. The average molecular weight is 222 g/mol. The van der Waals surface area contributed by atoms with E-state index in [9.17, 15) is 5.26 Å². The summed E-state index contributed by atoms with van der Waals surface area (Å²) in [5.74, 6) is 0. The van der Waals surface area contributed by atoms with Crippen molar-refractivity contribution in [2.45, 2.75) is 32.6 Å². The SMILES string of the molecule is Cc1ccc2nc3c(c(C#N)c2c1)CCCC3. The lowest BCUT2D eigenvalue weighted by Gasteiger charge is -2.17. The molecule has 0 saturated carbocycles. The molecule has 0 saturated heterocycles. The second-order valence-electron chi connectivity index (χ2n) is 4.75. The summed E-state index contributed by atoms with van der Waals surface area (Å²) in [6, 6.07) is 8.55. The lowest BCUT2D eigenvalue weighted by Crippen LogP contribution is -2.08. The highest BCUT2D eigenvalue weighted by atomic mass is 14.7. The molecule has 2 aromatic rings. The number of hydrogen-bond acceptors (Lipinski definition) is 2. The van der Waals surface area contributed by atoms with Crippen molar-refractivity contribution in [3.05, 3.63) is 40.6 Å². The van der Waals surface area contributed by atoms with E-state index in [1.807, 2.05) is 6.07 Å². The molecule has 0 aliphatic heterocycles. The van der Waals surface area contributed by atoms with E-state index in [1.54, 1.807) is 0 Å². The Morgan fingerprint density at radius 2 is 2.06 bits per heavy atom. The Labute approximate surface area is 101 Å². The minimum absolute atomic E-state index is 0.855. The van der Waals surface area contributed by atoms with E-state index >= 15 is 0 Å². The van der Waals surface area contributed by atoms with Crippen LogP contribution >= 0.6 is 0 Å². The first-order valence-corrected chi connectivity index (χ1v) is 6.12. The molecule has 0 bridgehead atoms. The number of rotatable bonds is 0. The van der Waals surface area contributed by atoms with Crippen molar-refractivity contribution >= 4 is 10.9 Å². The molecule has 1 aliphatic carbocycles. The fourth-order valence-corrected chi connectivity index (χ4v) is 2.67. The van der Waals surface area contributed by atoms with Crippen LogP contribution in [0.25, 0.3) is 10.9 Å². The topological polar surface area (TPSA) is 36.7 Å². The fourth-order valence-electron chi connectivity index (χ4n) is 2.67. The second kappa shape index (κ2) is 3.85. The largest absolute Gasteiger partial charge is 0.252 e. The highest BCUT2D eigenvalue weighted by Crippen LogP contribution is 2.29. The van der Waals surface area contributed by atoms with E-state index in [-0.39, 0.29) is 0 Å². The molecule has 2 heteroatoms. The van der Waals surface area contributed by atoms with Crippen molar-refractivity contribution in [1.29, 1.82) is 5.26 Å². The predicted molar refractivity (Wildman–Crippen MR) is 67.8 cm³/mol. The zero-order chi connectivity index (χ0) is 11.8. The van der Waals surface area contributed by atoms with Gasteiger partial charge in [-0.2, -0.15) is 5.26 Å². The summed E-state index contributed by atoms with van der Waals surface area (Å²) in [7, 11) is 0. The number of aromatic nitrogens is 1. The number of benzene rings is 1. The Bertz CT molecular complexity index is 635. The van der Waals surface area contributed by atoms with Crippen molar-refractivity contribution in [3.63, 3.8) is 0 Å². The maximum Gasteiger partial charge on any atom is 0.100 e. The predicted octanol–water partition coefficient (Wildman–Crippen LogP) is 3.29. The van der Waals surface area contributed by atoms with E-state index in [1.165, 1.54) is 24.0 Å². The van der Waals surface area contributed by atoms with Crippen LogP contribution in [-0.2, 0) is 12.8 Å². The maximum atomic E-state index is 9.40. The number of fused-ring (bicyclic) bond motifs is 2. The summed E-state index contributed by atoms with van der Waals surface area (Å²) in [6.07, 6.45) is 4.41. The summed E-state index contributed by atoms with van der Waals surface area (Å²) >= 11 is 0. The number of aryl methyl sites for hydroxylation is 2. The van der Waals surface area contributed by atoms with Crippen LogP contribution in [0, 0.1) is 18.3 Å². The number of pyridine rings is 1. The van der Waals surface area contributed by atoms with Gasteiger partial charge in [0.2, 0.25) is 0 Å². The monoisotopic (exact) mass is 222 g/mol. The minimum Gasteiger partial charge on any atom is -0.252 e. The van der Waals surface area contributed by atoms with Crippen molar-refractivity contribution in [2.24, 2.45) is 0 Å². The lowest BCUT2D eigenvalue weighted by atomic mass is 9.90. The highest BCUT2D eigenvalue weighted by molar-refractivity contribution is 5.87. The van der Waals surface area contributed by atoms with Crippen LogP contribution in [-0.4, -0.2) is 4.98 Å². The number of hydrogen-bond donors (Lipinski definition) is 0. The molecule has 0 amide bonds. The smallest absolute Gasteiger partial charge is 0.100 e. The summed E-state index contributed by atoms with van der Waals surface area (Å²) in [5, 5.41) is 10.4. The Kier molecular flexibility index (Phi) is 2.33. The Balaban J connectivity index is 2.40. The van der Waals surface area contributed by atoms with Gasteiger partial charge >= 0.3 is 0 Å². The molecule has 3 rings (SSSR count). The van der Waals surface area contributed by atoms with Gasteiger partial charge in [0.25, 0.3) is 0 Å². The van der Waals surface area contributed by atoms with Gasteiger partial charge in [0.15, 0.2) is 0 Å². The first-order chi connectivity index (χ1) is 8.29. The van der Waals surface area contributed by atoms with Crippen molar-refractivity contribution in [1.82, 2.24) is 4.98 Å². The van der Waals surface area contributed by atoms with Crippen LogP contribution < -0.4 is 0 Å². The zero-order valence-electron chi connectivity index (χ0n) is 9.95. The van der Waals surface area contributed by atoms with E-state index < -0.39 is 0 Å². The van der Waals surface area contributed by atoms with E-state index in [0.29, 0.717) is 0 Å². The maximum absolute atomic E-state index is 9.40. The average Bonchev–Trinajstić information content (AvgIpc) is 2.36. The van der Waals surface area contributed by atoms with Crippen LogP contribution in [0.5, 0.6) is 0 Å². The molecule has 1 aliphatic rings. The molecule has 1 heterocycles. The summed E-state index contributed by atoms with van der Waals surface area (Å²) in [6.45, 7) is 2.06. The molecular weight excluding hydrogens is 208 g/mol. The molecule has 84 valence electrons. The van der Waals surface area contributed by atoms with Gasteiger partial charge < -0.3 is 0 Å². The van der Waals surface area contributed by atoms with Crippen LogP contribution in [0.15, 0.2) is 18.2 Å². The van der Waals surface area contributed by atoms with E-state index in [4.69, 9.17) is 4.98 Å². The molecule has 1 aromatic carbocycles. The van der Waals surface area contributed by atoms with Crippen molar-refractivity contribution < 1.29 is 0 Å². The van der Waals surface area contributed by atoms with Gasteiger partial charge in [-0.1, -0.05) is 11.6 Å². The second-order valence-corrected chi connectivity index (χ2v) is 4.75. The van der Waals surface area contributed by atoms with Crippen LogP contribution in [0.2, 0.25) is 0 Å². The van der Waals surface area contributed by atoms with Gasteiger partial charge in [-0.15, -0.1) is 0 Å². The molecule has 0 spiro atoms. The van der Waals surface area contributed by atoms with Crippen molar-refractivity contribution in [2.75, 3.05) is 0 Å². The third kappa shape index (κ3) is 1.59. The molecule has 0 unspecified atom stereocenters. The molecular formula is C15H14N2. The Morgan fingerprint density at radius 3 is 2.88 bits per heavy atom. The molecule has 0 atom stereocenters. The molecule has 1 aromatic heterocycles. The van der Waals surface area contributed by atoms with Crippen molar-refractivity contribution in [3.8, 4) is 6.07 Å². The standard InChI is InChI=1S/C15H14N2/c1-10-6-7-15-12(8-10)13(9-16)11-4-2-3-5-14(11)17-15/h6-8H,2-5H2,1H3. The Hall–Kier alpha value is -1.88. The van der Waals surface area contributed by atoms with Gasteiger partial charge in [0, 0.05) is 11.1 Å². The van der Waals surface area contributed by atoms with Crippen LogP contribution in [0.4, 0.5) is 0 Å². The summed E-state index contributed by atoms with van der Waals surface area (Å²) in [4.78, 5) is 4.71. The van der Waals surface area contributed by atoms with Gasteiger partial charge in [-0.3, -0.25) is 4.98 Å². The first-order valence-electron chi connectivity index (χ1n) is 6.12. The van der Waals surface area contributed by atoms with Gasteiger partial charge in [-0.05, 0) is 50.3 Å². The quantitative estimate of drug-likeness (QED) is 0.685.